The number of piperazine rings is 1. The first-order valence-electron chi connectivity index (χ1n) is 5.55. The van der Waals surface area contributed by atoms with Gasteiger partial charge in [0, 0.05) is 26.2 Å². The number of nitrogens with zero attached hydrogens (tertiary/aromatic N) is 2. The molecule has 0 saturated carbocycles. The molecular weight excluding hydrogens is 288 g/mol. The second kappa shape index (κ2) is 5.56. The van der Waals surface area contributed by atoms with Crippen molar-refractivity contribution < 1.29 is 8.42 Å². The van der Waals surface area contributed by atoms with Gasteiger partial charge in [0.2, 0.25) is 10.0 Å². The van der Waals surface area contributed by atoms with Gasteiger partial charge in [0.1, 0.15) is 4.32 Å². The first kappa shape index (κ1) is 13.8. The molecule has 18 heavy (non-hydrogen) atoms. The zero-order chi connectivity index (χ0) is 13.2. The summed E-state index contributed by atoms with van der Waals surface area (Å²) >= 11 is 9.07. The van der Waals surface area contributed by atoms with Crippen LogP contribution in [0, 0.1) is 0 Å². The molecule has 1 saturated heterocycles. The van der Waals surface area contributed by atoms with Gasteiger partial charge in [-0.05, 0) is 12.1 Å². The zero-order valence-corrected chi connectivity index (χ0v) is 12.2. The molecule has 0 aromatic heterocycles. The maximum atomic E-state index is 12.3. The van der Waals surface area contributed by atoms with E-state index >= 15 is 0 Å². The Morgan fingerprint density at radius 3 is 2.17 bits per heavy atom. The van der Waals surface area contributed by atoms with Crippen LogP contribution in [0.3, 0.4) is 0 Å². The molecular formula is C11H14N2O2S3. The fourth-order valence-electron chi connectivity index (χ4n) is 1.86. The van der Waals surface area contributed by atoms with Crippen molar-refractivity contribution in [2.24, 2.45) is 0 Å². The van der Waals surface area contributed by atoms with Crippen molar-refractivity contribution in [2.45, 2.75) is 4.90 Å². The van der Waals surface area contributed by atoms with Gasteiger partial charge in [-0.25, -0.2) is 8.42 Å². The van der Waals surface area contributed by atoms with E-state index in [-0.39, 0.29) is 0 Å². The fourth-order valence-corrected chi connectivity index (χ4v) is 3.69. The first-order valence-corrected chi connectivity index (χ1v) is 7.84. The van der Waals surface area contributed by atoms with E-state index in [2.05, 4.69) is 12.6 Å². The molecule has 1 aromatic rings. The monoisotopic (exact) mass is 302 g/mol. The van der Waals surface area contributed by atoms with Gasteiger partial charge >= 0.3 is 0 Å². The van der Waals surface area contributed by atoms with E-state index in [0.717, 1.165) is 0 Å². The van der Waals surface area contributed by atoms with Gasteiger partial charge in [-0.2, -0.15) is 4.31 Å². The Hall–Kier alpha value is -0.630. The summed E-state index contributed by atoms with van der Waals surface area (Å²) in [5, 5.41) is 0. The van der Waals surface area contributed by atoms with Crippen molar-refractivity contribution in [1.29, 1.82) is 0 Å². The molecule has 98 valence electrons. The predicted octanol–water partition coefficient (Wildman–Crippen LogP) is 1.21. The van der Waals surface area contributed by atoms with Crippen LogP contribution >= 0.6 is 24.8 Å². The summed E-state index contributed by atoms with van der Waals surface area (Å²) in [7, 11) is -3.37. The number of benzene rings is 1. The minimum atomic E-state index is -3.37. The van der Waals surface area contributed by atoms with Crippen molar-refractivity contribution in [3.63, 3.8) is 0 Å². The third-order valence-electron chi connectivity index (χ3n) is 2.89. The lowest BCUT2D eigenvalue weighted by Crippen LogP contribution is -2.49. The van der Waals surface area contributed by atoms with E-state index in [4.69, 9.17) is 12.2 Å². The highest BCUT2D eigenvalue weighted by Crippen LogP contribution is 2.17. The van der Waals surface area contributed by atoms with Crippen LogP contribution in [0.2, 0.25) is 0 Å². The van der Waals surface area contributed by atoms with E-state index in [1.54, 1.807) is 30.3 Å². The summed E-state index contributed by atoms with van der Waals surface area (Å²) in [5.41, 5.74) is 0. The Kier molecular flexibility index (Phi) is 4.26. The number of hydrogen-bond donors (Lipinski definition) is 1. The molecule has 0 spiro atoms. The number of rotatable bonds is 2. The number of sulfonamides is 1. The van der Waals surface area contributed by atoms with Crippen LogP contribution in [0.4, 0.5) is 0 Å². The summed E-state index contributed by atoms with van der Waals surface area (Å²) in [6.45, 7) is 2.07. The highest BCUT2D eigenvalue weighted by atomic mass is 32.2. The van der Waals surface area contributed by atoms with Crippen molar-refractivity contribution in [2.75, 3.05) is 26.2 Å². The second-order valence-electron chi connectivity index (χ2n) is 3.99. The Bertz CT molecular complexity index is 522. The summed E-state index contributed by atoms with van der Waals surface area (Å²) in [5.74, 6) is 0. The quantitative estimate of drug-likeness (QED) is 0.658. The number of thiol groups is 1. The molecule has 1 heterocycles. The van der Waals surface area contributed by atoms with E-state index in [9.17, 15) is 8.42 Å². The first-order chi connectivity index (χ1) is 8.51. The lowest BCUT2D eigenvalue weighted by molar-refractivity contribution is 0.272. The largest absolute Gasteiger partial charge is 0.355 e. The summed E-state index contributed by atoms with van der Waals surface area (Å²) in [6.07, 6.45) is 0. The van der Waals surface area contributed by atoms with E-state index < -0.39 is 10.0 Å². The number of hydrogen-bond acceptors (Lipinski definition) is 3. The van der Waals surface area contributed by atoms with Crippen LogP contribution in [0.15, 0.2) is 35.2 Å². The molecule has 0 bridgehead atoms. The van der Waals surface area contributed by atoms with E-state index in [1.807, 2.05) is 4.90 Å². The topological polar surface area (TPSA) is 40.6 Å². The van der Waals surface area contributed by atoms with Gasteiger partial charge < -0.3 is 4.90 Å². The molecule has 1 fully saturated rings. The minimum absolute atomic E-state index is 0.340. The third-order valence-corrected chi connectivity index (χ3v) is 5.34. The average Bonchev–Trinajstić information content (AvgIpc) is 2.40. The summed E-state index contributed by atoms with van der Waals surface area (Å²) < 4.78 is 26.6. The molecule has 0 aliphatic carbocycles. The SMILES string of the molecule is O=S(=O)(c1ccccc1)N1CCN(C(=S)S)CC1. The van der Waals surface area contributed by atoms with Crippen LogP contribution in [-0.4, -0.2) is 48.1 Å². The van der Waals surface area contributed by atoms with Gasteiger partial charge in [-0.3, -0.25) is 0 Å². The molecule has 0 amide bonds. The van der Waals surface area contributed by atoms with Crippen molar-refractivity contribution in [3.8, 4) is 0 Å². The van der Waals surface area contributed by atoms with E-state index in [0.29, 0.717) is 35.4 Å². The Labute approximate surface area is 118 Å². The highest BCUT2D eigenvalue weighted by molar-refractivity contribution is 8.10. The predicted molar refractivity (Wildman–Crippen MR) is 78.4 cm³/mol. The van der Waals surface area contributed by atoms with Crippen LogP contribution in [0.1, 0.15) is 0 Å². The maximum absolute atomic E-state index is 12.3. The molecule has 4 nitrogen and oxygen atoms in total. The fraction of sp³-hybridized carbons (Fsp3) is 0.364. The van der Waals surface area contributed by atoms with Gasteiger partial charge in [-0.15, -0.1) is 12.6 Å². The molecule has 0 radical (unpaired) electrons. The molecule has 2 rings (SSSR count). The molecule has 1 aliphatic heterocycles. The Morgan fingerprint density at radius 2 is 1.67 bits per heavy atom. The second-order valence-corrected chi connectivity index (χ2v) is 7.04. The van der Waals surface area contributed by atoms with Crippen LogP contribution < -0.4 is 0 Å². The number of thiocarbonyl (C=S) groups is 1. The zero-order valence-electron chi connectivity index (χ0n) is 9.69. The van der Waals surface area contributed by atoms with Crippen molar-refractivity contribution in [1.82, 2.24) is 9.21 Å². The summed E-state index contributed by atoms with van der Waals surface area (Å²) in [6, 6.07) is 8.49. The third kappa shape index (κ3) is 2.85. The summed E-state index contributed by atoms with van der Waals surface area (Å²) in [4.78, 5) is 2.24. The van der Waals surface area contributed by atoms with Gasteiger partial charge in [0.25, 0.3) is 0 Å². The molecule has 7 heteroatoms. The van der Waals surface area contributed by atoms with E-state index in [1.165, 1.54) is 4.31 Å². The lowest BCUT2D eigenvalue weighted by atomic mass is 10.4. The Morgan fingerprint density at radius 1 is 1.11 bits per heavy atom. The van der Waals surface area contributed by atoms with Gasteiger partial charge in [-0.1, -0.05) is 30.4 Å². The molecule has 0 N–H and O–H groups in total. The van der Waals surface area contributed by atoms with Gasteiger partial charge in [0.05, 0.1) is 4.90 Å². The maximum Gasteiger partial charge on any atom is 0.243 e. The average molecular weight is 302 g/mol. The van der Waals surface area contributed by atoms with Crippen molar-refractivity contribution >= 4 is 39.2 Å². The minimum Gasteiger partial charge on any atom is -0.355 e. The smallest absolute Gasteiger partial charge is 0.243 e. The molecule has 0 unspecified atom stereocenters. The van der Waals surface area contributed by atoms with Gasteiger partial charge in [0.15, 0.2) is 0 Å². The molecule has 1 aliphatic rings. The normalized spacial score (nSPS) is 17.7. The Balaban J connectivity index is 2.12. The van der Waals surface area contributed by atoms with Crippen LogP contribution in [0.5, 0.6) is 0 Å². The highest BCUT2D eigenvalue weighted by Gasteiger charge is 2.28. The molecule has 1 aromatic carbocycles. The lowest BCUT2D eigenvalue weighted by Gasteiger charge is -2.34. The van der Waals surface area contributed by atoms with Crippen molar-refractivity contribution in [3.05, 3.63) is 30.3 Å². The van der Waals surface area contributed by atoms with Crippen LogP contribution in [0.25, 0.3) is 0 Å². The standard InChI is InChI=1S/C11H14N2O2S3/c14-18(15,10-4-2-1-3-5-10)13-8-6-12(7-9-13)11(16)17/h1-5H,6-9H2,(H,16,17). The van der Waals surface area contributed by atoms with Crippen LogP contribution in [-0.2, 0) is 10.0 Å². The molecule has 0 atom stereocenters.